The lowest BCUT2D eigenvalue weighted by atomic mass is 9.97. The van der Waals surface area contributed by atoms with Crippen molar-refractivity contribution < 1.29 is 23.5 Å². The molecule has 2 heterocycles. The Morgan fingerprint density at radius 2 is 1.63 bits per heavy atom. The van der Waals surface area contributed by atoms with Crippen molar-refractivity contribution in [2.45, 2.75) is 31.8 Å². The van der Waals surface area contributed by atoms with Crippen LogP contribution in [0.3, 0.4) is 0 Å². The zero-order chi connectivity index (χ0) is 28.5. The fraction of sp³-hybridized carbons (Fsp3) is 0.219. The van der Waals surface area contributed by atoms with Crippen molar-refractivity contribution in [2.75, 3.05) is 23.4 Å². The summed E-state index contributed by atoms with van der Waals surface area (Å²) in [5, 5.41) is 2.87. The summed E-state index contributed by atoms with van der Waals surface area (Å²) >= 11 is 0. The van der Waals surface area contributed by atoms with Crippen molar-refractivity contribution in [3.63, 3.8) is 0 Å². The van der Waals surface area contributed by atoms with Gasteiger partial charge in [0.1, 0.15) is 18.4 Å². The molecule has 1 aromatic heterocycles. The molecule has 6 rings (SSSR count). The zero-order valence-corrected chi connectivity index (χ0v) is 22.5. The van der Waals surface area contributed by atoms with E-state index in [1.165, 1.54) is 12.1 Å². The smallest absolute Gasteiger partial charge is 0.338 e. The zero-order valence-electron chi connectivity index (χ0n) is 22.5. The quantitative estimate of drug-likeness (QED) is 0.288. The number of nitrogens with one attached hydrogen (secondary N) is 1. The fourth-order valence-corrected chi connectivity index (χ4v) is 5.30. The highest BCUT2D eigenvalue weighted by molar-refractivity contribution is 6.01. The normalized spacial score (nSPS) is 15.5. The van der Waals surface area contributed by atoms with Gasteiger partial charge in [-0.2, -0.15) is 0 Å². The molecule has 0 bridgehead atoms. The highest BCUT2D eigenvalue weighted by atomic mass is 19.1. The number of nitrogens with zero attached hydrogens (tertiary/aromatic N) is 3. The minimum atomic E-state index is -0.507. The summed E-state index contributed by atoms with van der Waals surface area (Å²) in [6.07, 6.45) is 3.57. The van der Waals surface area contributed by atoms with Crippen LogP contribution in [0.4, 0.5) is 20.6 Å². The van der Waals surface area contributed by atoms with E-state index >= 15 is 0 Å². The van der Waals surface area contributed by atoms with Gasteiger partial charge in [0, 0.05) is 17.9 Å². The van der Waals surface area contributed by atoms with Gasteiger partial charge in [-0.05, 0) is 86.0 Å². The summed E-state index contributed by atoms with van der Waals surface area (Å²) in [5.41, 5.74) is 4.08. The number of carbonyl (C=O) groups excluding carboxylic acids is 3. The number of anilines is 2. The molecule has 4 aromatic rings. The molecular formula is C32H29FN4O4. The van der Waals surface area contributed by atoms with Crippen LogP contribution in [-0.4, -0.2) is 46.6 Å². The number of ether oxygens (including phenoxy) is 1. The first-order valence-corrected chi connectivity index (χ1v) is 13.6. The topological polar surface area (TPSA) is 83.9 Å². The number of amides is 3. The van der Waals surface area contributed by atoms with Gasteiger partial charge in [-0.25, -0.2) is 14.0 Å². The highest BCUT2D eigenvalue weighted by Crippen LogP contribution is 2.42. The maximum absolute atomic E-state index is 14.2. The Morgan fingerprint density at radius 1 is 0.927 bits per heavy atom. The van der Waals surface area contributed by atoms with E-state index in [1.54, 1.807) is 53.1 Å². The lowest BCUT2D eigenvalue weighted by Crippen LogP contribution is -2.48. The number of rotatable bonds is 7. The monoisotopic (exact) mass is 552 g/mol. The first-order chi connectivity index (χ1) is 19.9. The van der Waals surface area contributed by atoms with Gasteiger partial charge >= 0.3 is 12.0 Å². The molecule has 1 atom stereocenters. The number of esters is 1. The minimum Gasteiger partial charge on any atom is -0.462 e. The number of hydrogen-bond donors (Lipinski definition) is 1. The molecule has 2 aliphatic rings. The van der Waals surface area contributed by atoms with Crippen LogP contribution in [-0.2, 0) is 9.53 Å². The predicted octanol–water partition coefficient (Wildman–Crippen LogP) is 5.93. The summed E-state index contributed by atoms with van der Waals surface area (Å²) in [6, 6.07) is 23.2. The van der Waals surface area contributed by atoms with E-state index in [2.05, 4.69) is 5.32 Å². The largest absolute Gasteiger partial charge is 0.462 e. The molecule has 0 saturated heterocycles. The molecular weight excluding hydrogens is 523 g/mol. The minimum absolute atomic E-state index is 0.0501. The van der Waals surface area contributed by atoms with Gasteiger partial charge in [0.05, 0.1) is 29.2 Å². The van der Waals surface area contributed by atoms with Crippen molar-refractivity contribution in [3.8, 4) is 5.69 Å². The van der Waals surface area contributed by atoms with Crippen molar-refractivity contribution in [1.29, 1.82) is 0 Å². The number of carbonyl (C=O) groups is 3. The third kappa shape index (κ3) is 5.18. The Labute approximate surface area is 236 Å². The van der Waals surface area contributed by atoms with E-state index in [4.69, 9.17) is 4.74 Å². The van der Waals surface area contributed by atoms with Gasteiger partial charge in [0.15, 0.2) is 0 Å². The van der Waals surface area contributed by atoms with Crippen LogP contribution in [0.25, 0.3) is 5.69 Å². The van der Waals surface area contributed by atoms with Crippen molar-refractivity contribution in [2.24, 2.45) is 0 Å². The van der Waals surface area contributed by atoms with Gasteiger partial charge in [-0.15, -0.1) is 0 Å². The molecule has 3 aromatic carbocycles. The molecule has 1 unspecified atom stereocenters. The third-order valence-electron chi connectivity index (χ3n) is 7.38. The van der Waals surface area contributed by atoms with E-state index in [0.717, 1.165) is 29.8 Å². The average Bonchev–Trinajstić information content (AvgIpc) is 3.71. The second-order valence-electron chi connectivity index (χ2n) is 10.1. The number of para-hydroxylation sites is 2. The highest BCUT2D eigenvalue weighted by Gasteiger charge is 2.40. The fourth-order valence-electron chi connectivity index (χ4n) is 5.30. The molecule has 0 spiro atoms. The number of hydrogen-bond acceptors (Lipinski definition) is 4. The number of urea groups is 1. The summed E-state index contributed by atoms with van der Waals surface area (Å²) in [7, 11) is 0. The SMILES string of the molecule is CCOC(=O)c1ccc(NC(=O)N(CC(=O)N2c3ccccc3-n3cccc3C2c2ccc(F)cc2)C2CC2)cc1. The Balaban J connectivity index is 1.28. The van der Waals surface area contributed by atoms with E-state index in [9.17, 15) is 18.8 Å². The maximum atomic E-state index is 14.2. The Morgan fingerprint density at radius 3 is 2.32 bits per heavy atom. The van der Waals surface area contributed by atoms with Gasteiger partial charge < -0.3 is 19.5 Å². The lowest BCUT2D eigenvalue weighted by Gasteiger charge is -2.39. The molecule has 41 heavy (non-hydrogen) atoms. The molecule has 3 amide bonds. The van der Waals surface area contributed by atoms with Crippen molar-refractivity contribution >= 4 is 29.3 Å². The van der Waals surface area contributed by atoms with Crippen LogP contribution in [0.2, 0.25) is 0 Å². The van der Waals surface area contributed by atoms with Gasteiger partial charge in [0.25, 0.3) is 0 Å². The van der Waals surface area contributed by atoms with Crippen molar-refractivity contribution in [3.05, 3.63) is 114 Å². The maximum Gasteiger partial charge on any atom is 0.338 e. The molecule has 1 fully saturated rings. The molecule has 1 saturated carbocycles. The molecule has 8 nitrogen and oxygen atoms in total. The lowest BCUT2D eigenvalue weighted by molar-refractivity contribution is -0.119. The third-order valence-corrected chi connectivity index (χ3v) is 7.38. The molecule has 1 N–H and O–H groups in total. The van der Waals surface area contributed by atoms with Crippen LogP contribution in [0.5, 0.6) is 0 Å². The van der Waals surface area contributed by atoms with E-state index < -0.39 is 18.0 Å². The van der Waals surface area contributed by atoms with Crippen LogP contribution in [0, 0.1) is 5.82 Å². The van der Waals surface area contributed by atoms with Gasteiger partial charge in [0.2, 0.25) is 5.91 Å². The Kier molecular flexibility index (Phi) is 7.01. The molecule has 0 radical (unpaired) electrons. The van der Waals surface area contributed by atoms with E-state index in [1.807, 2.05) is 47.2 Å². The van der Waals surface area contributed by atoms with Gasteiger partial charge in [-0.3, -0.25) is 9.69 Å². The second-order valence-corrected chi connectivity index (χ2v) is 10.1. The van der Waals surface area contributed by atoms with Gasteiger partial charge in [-0.1, -0.05) is 24.3 Å². The summed E-state index contributed by atoms with van der Waals surface area (Å²) in [6.45, 7) is 1.88. The summed E-state index contributed by atoms with van der Waals surface area (Å²) in [4.78, 5) is 42.9. The molecule has 1 aliphatic heterocycles. The Hall–Kier alpha value is -4.92. The Bertz CT molecular complexity index is 1590. The van der Waals surface area contributed by atoms with Crippen LogP contribution >= 0.6 is 0 Å². The number of benzene rings is 3. The van der Waals surface area contributed by atoms with Crippen LogP contribution in [0.1, 0.15) is 47.4 Å². The average molecular weight is 553 g/mol. The molecule has 9 heteroatoms. The van der Waals surface area contributed by atoms with E-state index in [0.29, 0.717) is 16.9 Å². The molecule has 208 valence electrons. The summed E-state index contributed by atoms with van der Waals surface area (Å²) in [5.74, 6) is -1.04. The first-order valence-electron chi connectivity index (χ1n) is 13.6. The van der Waals surface area contributed by atoms with Crippen LogP contribution in [0.15, 0.2) is 91.1 Å². The predicted molar refractivity (Wildman–Crippen MR) is 153 cm³/mol. The summed E-state index contributed by atoms with van der Waals surface area (Å²) < 4.78 is 20.9. The molecule has 1 aliphatic carbocycles. The van der Waals surface area contributed by atoms with E-state index in [-0.39, 0.29) is 30.9 Å². The number of aromatic nitrogens is 1. The van der Waals surface area contributed by atoms with Crippen molar-refractivity contribution in [1.82, 2.24) is 9.47 Å². The first kappa shape index (κ1) is 26.3. The number of halogens is 1. The second kappa shape index (κ2) is 10.9. The number of fused-ring (bicyclic) bond motifs is 3. The van der Waals surface area contributed by atoms with Crippen LogP contribution < -0.4 is 10.2 Å². The standard InChI is InChI=1S/C32H29FN4O4/c1-2-41-31(39)22-11-15-24(16-12-22)34-32(40)36(25-17-18-25)20-29(38)37-27-7-4-3-6-26(27)35-19-5-8-28(35)30(37)21-9-13-23(33)14-10-21/h3-16,19,25,30H,2,17-18,20H2,1H3,(H,34,40).